The van der Waals surface area contributed by atoms with E-state index in [0.29, 0.717) is 10.0 Å². The van der Waals surface area contributed by atoms with E-state index < -0.39 is 33.0 Å². The summed E-state index contributed by atoms with van der Waals surface area (Å²) in [6.07, 6.45) is 2.86. The Morgan fingerprint density at radius 3 is 2.54 bits per heavy atom. The first kappa shape index (κ1) is 19.3. The Balaban J connectivity index is 2.40. The van der Waals surface area contributed by atoms with Crippen LogP contribution in [-0.4, -0.2) is 19.5 Å². The van der Waals surface area contributed by atoms with E-state index >= 15 is 0 Å². The summed E-state index contributed by atoms with van der Waals surface area (Å²) in [5.41, 5.74) is -0.759. The van der Waals surface area contributed by atoms with Gasteiger partial charge in [0.1, 0.15) is 5.82 Å². The number of carbonyl (C=O) groups is 1. The van der Waals surface area contributed by atoms with Gasteiger partial charge >= 0.3 is 5.97 Å². The van der Waals surface area contributed by atoms with Crippen molar-refractivity contribution in [3.8, 4) is 0 Å². The number of benzene rings is 1. The third-order valence-corrected chi connectivity index (χ3v) is 7.54. The van der Waals surface area contributed by atoms with Crippen LogP contribution in [0.2, 0.25) is 0 Å². The highest BCUT2D eigenvalue weighted by Crippen LogP contribution is 2.42. The fraction of sp³-hybridized carbons (Fsp3) is 0.312. The topological polar surface area (TPSA) is 71.4 Å². The maximum Gasteiger partial charge on any atom is 0.313 e. The highest BCUT2D eigenvalue weighted by atomic mass is 79.9. The second-order valence-corrected chi connectivity index (χ2v) is 9.56. The van der Waals surface area contributed by atoms with Gasteiger partial charge in [0, 0.05) is 8.96 Å². The zero-order valence-corrected chi connectivity index (χ0v) is 16.9. The molecule has 1 aromatic carbocycles. The van der Waals surface area contributed by atoms with Crippen LogP contribution in [0.5, 0.6) is 0 Å². The highest BCUT2D eigenvalue weighted by molar-refractivity contribution is 9.12. The van der Waals surface area contributed by atoms with E-state index in [-0.39, 0.29) is 15.1 Å². The van der Waals surface area contributed by atoms with Crippen molar-refractivity contribution < 1.29 is 22.7 Å². The van der Waals surface area contributed by atoms with E-state index in [9.17, 15) is 22.7 Å². The summed E-state index contributed by atoms with van der Waals surface area (Å²) in [6.45, 7) is 3.20. The maximum atomic E-state index is 13.1. The number of rotatable bonds is 4. The third-order valence-electron chi connectivity index (χ3n) is 4.17. The molecule has 2 atom stereocenters. The van der Waals surface area contributed by atoms with Crippen LogP contribution in [-0.2, 0) is 20.4 Å². The molecule has 1 N–H and O–H groups in total. The molecule has 1 aromatic rings. The average Bonchev–Trinajstić information content (AvgIpc) is 2.45. The molecule has 4 nitrogen and oxygen atoms in total. The minimum atomic E-state index is -3.73. The molecule has 130 valence electrons. The molecule has 0 fully saturated rings. The maximum absolute atomic E-state index is 13.1. The summed E-state index contributed by atoms with van der Waals surface area (Å²) in [6, 6.07) is 3.80. The number of halogens is 3. The SMILES string of the molecule is CC1C=C(S(=O)(=O)Cc2ccc(F)cc2Br)C(Br)=CC1(C)C(=O)O. The van der Waals surface area contributed by atoms with Crippen LogP contribution in [0.25, 0.3) is 0 Å². The predicted molar refractivity (Wildman–Crippen MR) is 96.7 cm³/mol. The molecule has 1 aliphatic carbocycles. The van der Waals surface area contributed by atoms with Crippen molar-refractivity contribution in [1.29, 1.82) is 0 Å². The molecule has 8 heteroatoms. The first-order valence-corrected chi connectivity index (χ1v) is 10.2. The summed E-state index contributed by atoms with van der Waals surface area (Å²) in [7, 11) is -3.73. The number of aliphatic carboxylic acids is 1. The molecule has 0 aromatic heterocycles. The normalized spacial score (nSPS) is 24.3. The Hall–Kier alpha value is -0.990. The quantitative estimate of drug-likeness (QED) is 0.691. The van der Waals surface area contributed by atoms with Crippen molar-refractivity contribution in [1.82, 2.24) is 0 Å². The molecule has 0 radical (unpaired) electrons. The molecule has 24 heavy (non-hydrogen) atoms. The standard InChI is InChI=1S/C16H15Br2FO4S/c1-9-5-14(13(18)7-16(9,2)15(20)21)24(22,23)8-10-3-4-11(19)6-12(10)17/h3-7,9H,8H2,1-2H3,(H,20,21). The van der Waals surface area contributed by atoms with Crippen molar-refractivity contribution in [3.63, 3.8) is 0 Å². The lowest BCUT2D eigenvalue weighted by Gasteiger charge is -2.31. The van der Waals surface area contributed by atoms with Crippen molar-refractivity contribution in [2.24, 2.45) is 11.3 Å². The number of allylic oxidation sites excluding steroid dienone is 2. The molecule has 0 spiro atoms. The van der Waals surface area contributed by atoms with E-state index in [4.69, 9.17) is 0 Å². The molecule has 2 rings (SSSR count). The first-order chi connectivity index (χ1) is 11.0. The van der Waals surface area contributed by atoms with Gasteiger partial charge in [-0.25, -0.2) is 12.8 Å². The fourth-order valence-corrected chi connectivity index (χ4v) is 5.98. The van der Waals surface area contributed by atoms with Gasteiger partial charge in [0.05, 0.1) is 16.1 Å². The van der Waals surface area contributed by atoms with E-state index in [1.165, 1.54) is 37.3 Å². The number of carboxylic acids is 1. The summed E-state index contributed by atoms with van der Waals surface area (Å²) in [5.74, 6) is -2.32. The van der Waals surface area contributed by atoms with Crippen LogP contribution in [0.1, 0.15) is 19.4 Å². The lowest BCUT2D eigenvalue weighted by atomic mass is 9.75. The minimum absolute atomic E-state index is 0.0463. The van der Waals surface area contributed by atoms with Crippen LogP contribution >= 0.6 is 31.9 Å². The van der Waals surface area contributed by atoms with E-state index in [1.54, 1.807) is 6.92 Å². The molecular weight excluding hydrogens is 467 g/mol. The van der Waals surface area contributed by atoms with Crippen LogP contribution < -0.4 is 0 Å². The molecule has 1 aliphatic rings. The second-order valence-electron chi connectivity index (χ2n) is 5.89. The van der Waals surface area contributed by atoms with E-state index in [1.807, 2.05) is 0 Å². The number of carboxylic acid groups (broad SMARTS) is 1. The minimum Gasteiger partial charge on any atom is -0.481 e. The second kappa shape index (κ2) is 6.72. The van der Waals surface area contributed by atoms with Gasteiger partial charge in [0.2, 0.25) is 0 Å². The molecular formula is C16H15Br2FO4S. The average molecular weight is 482 g/mol. The van der Waals surface area contributed by atoms with Crippen LogP contribution in [0.4, 0.5) is 4.39 Å². The van der Waals surface area contributed by atoms with Crippen LogP contribution in [0.3, 0.4) is 0 Å². The summed E-state index contributed by atoms with van der Waals surface area (Å²) < 4.78 is 39.2. The zero-order chi connectivity index (χ0) is 18.3. The summed E-state index contributed by atoms with van der Waals surface area (Å²) >= 11 is 6.34. The van der Waals surface area contributed by atoms with Gasteiger partial charge in [0.25, 0.3) is 0 Å². The van der Waals surface area contributed by atoms with Crippen molar-refractivity contribution in [3.05, 3.63) is 55.6 Å². The fourth-order valence-electron chi connectivity index (χ4n) is 2.38. The van der Waals surface area contributed by atoms with E-state index in [2.05, 4.69) is 31.9 Å². The van der Waals surface area contributed by atoms with Crippen molar-refractivity contribution in [2.45, 2.75) is 19.6 Å². The number of hydrogen-bond donors (Lipinski definition) is 1. The van der Waals surface area contributed by atoms with Gasteiger partial charge in [-0.15, -0.1) is 0 Å². The Bertz CT molecular complexity index is 861. The highest BCUT2D eigenvalue weighted by Gasteiger charge is 2.41. The molecule has 0 amide bonds. The molecule has 0 saturated carbocycles. The van der Waals surface area contributed by atoms with Gasteiger partial charge in [-0.2, -0.15) is 0 Å². The van der Waals surface area contributed by atoms with Gasteiger partial charge in [0.15, 0.2) is 9.84 Å². The van der Waals surface area contributed by atoms with Gasteiger partial charge < -0.3 is 5.11 Å². The Morgan fingerprint density at radius 1 is 1.38 bits per heavy atom. The molecule has 0 bridgehead atoms. The van der Waals surface area contributed by atoms with Crippen LogP contribution in [0, 0.1) is 17.2 Å². The Labute approximate surface area is 156 Å². The summed E-state index contributed by atoms with van der Waals surface area (Å²) in [4.78, 5) is 11.5. The van der Waals surface area contributed by atoms with Gasteiger partial charge in [-0.1, -0.05) is 41.1 Å². The predicted octanol–water partition coefficient (Wildman–Crippen LogP) is 4.41. The van der Waals surface area contributed by atoms with Crippen LogP contribution in [0.15, 0.2) is 44.2 Å². The molecule has 2 unspecified atom stereocenters. The van der Waals surface area contributed by atoms with Crippen molar-refractivity contribution in [2.75, 3.05) is 0 Å². The Morgan fingerprint density at radius 2 is 2.00 bits per heavy atom. The zero-order valence-electron chi connectivity index (χ0n) is 12.9. The van der Waals surface area contributed by atoms with Crippen molar-refractivity contribution >= 4 is 47.7 Å². The lowest BCUT2D eigenvalue weighted by Crippen LogP contribution is -2.34. The monoisotopic (exact) mass is 480 g/mol. The Kier molecular flexibility index (Phi) is 5.42. The smallest absolute Gasteiger partial charge is 0.313 e. The molecule has 0 saturated heterocycles. The third kappa shape index (κ3) is 3.65. The summed E-state index contributed by atoms with van der Waals surface area (Å²) in [5, 5.41) is 9.39. The first-order valence-electron chi connectivity index (χ1n) is 6.98. The lowest BCUT2D eigenvalue weighted by molar-refractivity contribution is -0.146. The number of sulfone groups is 1. The largest absolute Gasteiger partial charge is 0.481 e. The van der Waals surface area contributed by atoms with E-state index in [0.717, 1.165) is 0 Å². The van der Waals surface area contributed by atoms with Gasteiger partial charge in [-0.05, 0) is 46.5 Å². The molecule has 0 heterocycles. The number of hydrogen-bond acceptors (Lipinski definition) is 3. The van der Waals surface area contributed by atoms with Gasteiger partial charge in [-0.3, -0.25) is 4.79 Å². The molecule has 0 aliphatic heterocycles.